The maximum atomic E-state index is 5.89. The van der Waals surface area contributed by atoms with Gasteiger partial charge in [0.25, 0.3) is 0 Å². The Morgan fingerprint density at radius 3 is 2.50 bits per heavy atom. The maximum absolute atomic E-state index is 5.89. The lowest BCUT2D eigenvalue weighted by Crippen LogP contribution is -1.98. The van der Waals surface area contributed by atoms with Crippen molar-refractivity contribution >= 4 is 11.6 Å². The van der Waals surface area contributed by atoms with Crippen molar-refractivity contribution in [3.63, 3.8) is 0 Å². The van der Waals surface area contributed by atoms with E-state index in [-0.39, 0.29) is 0 Å². The van der Waals surface area contributed by atoms with Crippen molar-refractivity contribution < 1.29 is 4.74 Å². The fraction of sp³-hybridized carbons (Fsp3) is 0.267. The minimum Gasteiger partial charge on any atom is -0.487 e. The van der Waals surface area contributed by atoms with Gasteiger partial charge in [0, 0.05) is 11.2 Å². The standard InChI is InChI=1S/C15H16ClNO/c1-11(2)12-3-5-15(6-4-12)18-10-14-9-13(16)7-8-17-14/h3-9,11H,10H2,1-2H3. The summed E-state index contributed by atoms with van der Waals surface area (Å²) in [6.07, 6.45) is 1.68. The summed E-state index contributed by atoms with van der Waals surface area (Å²) in [6, 6.07) is 11.7. The molecule has 0 aliphatic rings. The highest BCUT2D eigenvalue weighted by Gasteiger charge is 2.01. The lowest BCUT2D eigenvalue weighted by molar-refractivity contribution is 0.301. The fourth-order valence-corrected chi connectivity index (χ4v) is 1.82. The van der Waals surface area contributed by atoms with Crippen molar-refractivity contribution in [3.05, 3.63) is 58.9 Å². The van der Waals surface area contributed by atoms with Crippen molar-refractivity contribution in [1.82, 2.24) is 4.98 Å². The number of benzene rings is 1. The summed E-state index contributed by atoms with van der Waals surface area (Å²) in [4.78, 5) is 4.19. The molecule has 0 saturated heterocycles. The number of hydrogen-bond acceptors (Lipinski definition) is 2. The number of hydrogen-bond donors (Lipinski definition) is 0. The van der Waals surface area contributed by atoms with Gasteiger partial charge in [0.1, 0.15) is 12.4 Å². The van der Waals surface area contributed by atoms with Gasteiger partial charge in [-0.25, -0.2) is 0 Å². The minimum atomic E-state index is 0.432. The third kappa shape index (κ3) is 3.47. The summed E-state index contributed by atoms with van der Waals surface area (Å²) in [5, 5.41) is 0.679. The van der Waals surface area contributed by atoms with Gasteiger partial charge in [0.15, 0.2) is 0 Å². The van der Waals surface area contributed by atoms with E-state index in [4.69, 9.17) is 16.3 Å². The van der Waals surface area contributed by atoms with Crippen LogP contribution in [0, 0.1) is 0 Å². The normalized spacial score (nSPS) is 10.7. The molecule has 0 amide bonds. The van der Waals surface area contributed by atoms with Crippen LogP contribution < -0.4 is 4.74 Å². The van der Waals surface area contributed by atoms with Crippen LogP contribution in [0.4, 0.5) is 0 Å². The van der Waals surface area contributed by atoms with E-state index in [1.165, 1.54) is 5.56 Å². The number of aromatic nitrogens is 1. The summed E-state index contributed by atoms with van der Waals surface area (Å²) < 4.78 is 5.66. The topological polar surface area (TPSA) is 22.1 Å². The summed E-state index contributed by atoms with van der Waals surface area (Å²) in [6.45, 7) is 4.78. The molecule has 0 saturated carbocycles. The number of ether oxygens (including phenoxy) is 1. The zero-order valence-electron chi connectivity index (χ0n) is 10.6. The molecule has 0 aliphatic carbocycles. The lowest BCUT2D eigenvalue weighted by atomic mass is 10.0. The van der Waals surface area contributed by atoms with Crippen LogP contribution in [0.2, 0.25) is 5.02 Å². The number of rotatable bonds is 4. The van der Waals surface area contributed by atoms with Crippen molar-refractivity contribution in [1.29, 1.82) is 0 Å². The molecule has 1 aromatic carbocycles. The quantitative estimate of drug-likeness (QED) is 0.812. The first-order valence-electron chi connectivity index (χ1n) is 5.98. The smallest absolute Gasteiger partial charge is 0.130 e. The zero-order chi connectivity index (χ0) is 13.0. The highest BCUT2D eigenvalue weighted by molar-refractivity contribution is 6.30. The summed E-state index contributed by atoms with van der Waals surface area (Å²) >= 11 is 5.89. The van der Waals surface area contributed by atoms with Crippen LogP contribution in [0.3, 0.4) is 0 Å². The van der Waals surface area contributed by atoms with Gasteiger partial charge < -0.3 is 4.74 Å². The van der Waals surface area contributed by atoms with E-state index in [2.05, 4.69) is 31.0 Å². The molecule has 1 heterocycles. The molecule has 0 aliphatic heterocycles. The highest BCUT2D eigenvalue weighted by Crippen LogP contribution is 2.19. The molecule has 18 heavy (non-hydrogen) atoms. The van der Waals surface area contributed by atoms with E-state index in [0.29, 0.717) is 17.5 Å². The van der Waals surface area contributed by atoms with Crippen LogP contribution in [-0.2, 0) is 6.61 Å². The van der Waals surface area contributed by atoms with Crippen LogP contribution in [0.5, 0.6) is 5.75 Å². The Labute approximate surface area is 113 Å². The predicted molar refractivity (Wildman–Crippen MR) is 74.1 cm³/mol. The fourth-order valence-electron chi connectivity index (χ4n) is 1.63. The Bertz CT molecular complexity index is 508. The summed E-state index contributed by atoms with van der Waals surface area (Å²) in [5.41, 5.74) is 2.14. The molecule has 2 nitrogen and oxygen atoms in total. The molecule has 3 heteroatoms. The van der Waals surface area contributed by atoms with E-state index in [0.717, 1.165) is 11.4 Å². The Kier molecular flexibility index (Phi) is 4.21. The Hall–Kier alpha value is -1.54. The summed E-state index contributed by atoms with van der Waals surface area (Å²) in [7, 11) is 0. The van der Waals surface area contributed by atoms with Crippen molar-refractivity contribution in [2.24, 2.45) is 0 Å². The second kappa shape index (κ2) is 5.87. The van der Waals surface area contributed by atoms with Crippen LogP contribution in [-0.4, -0.2) is 4.98 Å². The zero-order valence-corrected chi connectivity index (χ0v) is 11.3. The van der Waals surface area contributed by atoms with Gasteiger partial charge in [0.2, 0.25) is 0 Å². The largest absolute Gasteiger partial charge is 0.487 e. The maximum Gasteiger partial charge on any atom is 0.130 e. The van der Waals surface area contributed by atoms with E-state index < -0.39 is 0 Å². The minimum absolute atomic E-state index is 0.432. The molecule has 0 fully saturated rings. The average molecular weight is 262 g/mol. The predicted octanol–water partition coefficient (Wildman–Crippen LogP) is 4.44. The Balaban J connectivity index is 1.98. The van der Waals surface area contributed by atoms with Gasteiger partial charge in [-0.05, 0) is 35.7 Å². The molecular formula is C15H16ClNO. The Morgan fingerprint density at radius 1 is 1.17 bits per heavy atom. The molecule has 0 radical (unpaired) electrons. The van der Waals surface area contributed by atoms with E-state index in [1.807, 2.05) is 18.2 Å². The molecule has 94 valence electrons. The van der Waals surface area contributed by atoms with E-state index >= 15 is 0 Å². The first-order valence-corrected chi connectivity index (χ1v) is 6.36. The van der Waals surface area contributed by atoms with Crippen LogP contribution in [0.15, 0.2) is 42.6 Å². The summed E-state index contributed by atoms with van der Waals surface area (Å²) in [5.74, 6) is 1.38. The van der Waals surface area contributed by atoms with Gasteiger partial charge in [-0.1, -0.05) is 37.6 Å². The van der Waals surface area contributed by atoms with E-state index in [9.17, 15) is 0 Å². The monoisotopic (exact) mass is 261 g/mol. The second-order valence-electron chi connectivity index (χ2n) is 4.48. The third-order valence-corrected chi connectivity index (χ3v) is 2.95. The molecule has 0 spiro atoms. The second-order valence-corrected chi connectivity index (χ2v) is 4.91. The molecule has 0 atom stereocenters. The van der Waals surface area contributed by atoms with Gasteiger partial charge in [0.05, 0.1) is 5.69 Å². The van der Waals surface area contributed by atoms with Gasteiger partial charge >= 0.3 is 0 Å². The molecule has 1 aromatic heterocycles. The average Bonchev–Trinajstić information content (AvgIpc) is 2.37. The lowest BCUT2D eigenvalue weighted by Gasteiger charge is -2.08. The van der Waals surface area contributed by atoms with Gasteiger partial charge in [-0.15, -0.1) is 0 Å². The van der Waals surface area contributed by atoms with Crippen LogP contribution >= 0.6 is 11.6 Å². The first kappa shape index (κ1) is 12.9. The molecular weight excluding hydrogens is 246 g/mol. The number of nitrogens with zero attached hydrogens (tertiary/aromatic N) is 1. The van der Waals surface area contributed by atoms with Gasteiger partial charge in [-0.2, -0.15) is 0 Å². The Morgan fingerprint density at radius 2 is 1.89 bits per heavy atom. The van der Waals surface area contributed by atoms with E-state index in [1.54, 1.807) is 12.3 Å². The molecule has 0 bridgehead atoms. The number of pyridine rings is 1. The van der Waals surface area contributed by atoms with Crippen molar-refractivity contribution in [3.8, 4) is 5.75 Å². The van der Waals surface area contributed by atoms with Crippen LogP contribution in [0.25, 0.3) is 0 Å². The number of halogens is 1. The molecule has 2 aromatic rings. The third-order valence-electron chi connectivity index (χ3n) is 2.71. The molecule has 2 rings (SSSR count). The first-order chi connectivity index (χ1) is 8.65. The van der Waals surface area contributed by atoms with Crippen LogP contribution in [0.1, 0.15) is 31.0 Å². The van der Waals surface area contributed by atoms with Crippen molar-refractivity contribution in [2.45, 2.75) is 26.4 Å². The van der Waals surface area contributed by atoms with Crippen molar-refractivity contribution in [2.75, 3.05) is 0 Å². The molecule has 0 unspecified atom stereocenters. The molecule has 0 N–H and O–H groups in total. The van der Waals surface area contributed by atoms with Gasteiger partial charge in [-0.3, -0.25) is 4.98 Å². The SMILES string of the molecule is CC(C)c1ccc(OCc2cc(Cl)ccn2)cc1. The highest BCUT2D eigenvalue weighted by atomic mass is 35.5.